The van der Waals surface area contributed by atoms with Gasteiger partial charge in [0, 0.05) is 19.3 Å². The average molecular weight is 285 g/mol. The number of alkyl halides is 3. The zero-order chi connectivity index (χ0) is 13.1. The van der Waals surface area contributed by atoms with Crippen molar-refractivity contribution in [3.63, 3.8) is 0 Å². The number of pyridine rings is 1. The minimum Gasteiger partial charge on any atom is -0.359 e. The van der Waals surface area contributed by atoms with Gasteiger partial charge in [-0.05, 0) is 18.4 Å². The Morgan fingerprint density at radius 3 is 2.59 bits per heavy atom. The van der Waals surface area contributed by atoms with Crippen molar-refractivity contribution in [2.24, 2.45) is 0 Å². The fourth-order valence-electron chi connectivity index (χ4n) is 1.19. The summed E-state index contributed by atoms with van der Waals surface area (Å²) >= 11 is 7.21. The Morgan fingerprint density at radius 1 is 1.41 bits per heavy atom. The first-order valence-electron chi connectivity index (χ1n) is 4.79. The second-order valence-corrected chi connectivity index (χ2v) is 4.82. The molecule has 0 saturated heterocycles. The van der Waals surface area contributed by atoms with Crippen molar-refractivity contribution in [3.05, 3.63) is 22.8 Å². The molecule has 0 radical (unpaired) electrons. The van der Waals surface area contributed by atoms with Crippen LogP contribution in [-0.4, -0.2) is 30.6 Å². The van der Waals surface area contributed by atoms with Crippen LogP contribution >= 0.6 is 23.4 Å². The lowest BCUT2D eigenvalue weighted by atomic mass is 10.2. The SMILES string of the molecule is CSCCN(C)c1cc(C(F)(F)F)cc(Cl)n1. The molecule has 96 valence electrons. The number of rotatable bonds is 4. The van der Waals surface area contributed by atoms with Crippen LogP contribution in [0.4, 0.5) is 19.0 Å². The van der Waals surface area contributed by atoms with Crippen molar-refractivity contribution >= 4 is 29.2 Å². The highest BCUT2D eigenvalue weighted by Gasteiger charge is 2.31. The van der Waals surface area contributed by atoms with Gasteiger partial charge in [-0.3, -0.25) is 0 Å². The average Bonchev–Trinajstić information content (AvgIpc) is 2.23. The molecule has 7 heteroatoms. The van der Waals surface area contributed by atoms with Gasteiger partial charge in [0.25, 0.3) is 0 Å². The number of anilines is 1. The molecule has 0 atom stereocenters. The van der Waals surface area contributed by atoms with Gasteiger partial charge < -0.3 is 4.90 Å². The lowest BCUT2D eigenvalue weighted by Gasteiger charge is -2.19. The van der Waals surface area contributed by atoms with Crippen molar-refractivity contribution in [1.29, 1.82) is 0 Å². The number of hydrogen-bond acceptors (Lipinski definition) is 3. The van der Waals surface area contributed by atoms with Crippen molar-refractivity contribution in [3.8, 4) is 0 Å². The van der Waals surface area contributed by atoms with Crippen LogP contribution in [0.5, 0.6) is 0 Å². The van der Waals surface area contributed by atoms with Crippen LogP contribution in [0.1, 0.15) is 5.56 Å². The zero-order valence-electron chi connectivity index (χ0n) is 9.38. The monoisotopic (exact) mass is 284 g/mol. The summed E-state index contributed by atoms with van der Waals surface area (Å²) in [5, 5.41) is -0.147. The number of aromatic nitrogens is 1. The maximum Gasteiger partial charge on any atom is 0.416 e. The van der Waals surface area contributed by atoms with Crippen LogP contribution in [0.25, 0.3) is 0 Å². The molecule has 1 heterocycles. The minimum atomic E-state index is -4.40. The maximum atomic E-state index is 12.6. The highest BCUT2D eigenvalue weighted by atomic mass is 35.5. The van der Waals surface area contributed by atoms with Crippen LogP contribution < -0.4 is 4.90 Å². The van der Waals surface area contributed by atoms with E-state index in [1.54, 1.807) is 23.7 Å². The van der Waals surface area contributed by atoms with Crippen LogP contribution in [-0.2, 0) is 6.18 Å². The highest BCUT2D eigenvalue weighted by molar-refractivity contribution is 7.98. The smallest absolute Gasteiger partial charge is 0.359 e. The van der Waals surface area contributed by atoms with Crippen molar-refractivity contribution in [2.75, 3.05) is 30.5 Å². The zero-order valence-corrected chi connectivity index (χ0v) is 11.0. The Labute approximate surface area is 107 Å². The lowest BCUT2D eigenvalue weighted by Crippen LogP contribution is -2.22. The van der Waals surface area contributed by atoms with Gasteiger partial charge in [-0.15, -0.1) is 0 Å². The van der Waals surface area contributed by atoms with E-state index in [-0.39, 0.29) is 11.0 Å². The van der Waals surface area contributed by atoms with E-state index in [4.69, 9.17) is 11.6 Å². The van der Waals surface area contributed by atoms with E-state index in [0.29, 0.717) is 6.54 Å². The van der Waals surface area contributed by atoms with Gasteiger partial charge in [0.1, 0.15) is 11.0 Å². The Kier molecular flexibility index (Phi) is 4.94. The van der Waals surface area contributed by atoms with Gasteiger partial charge in [0.15, 0.2) is 0 Å². The summed E-state index contributed by atoms with van der Waals surface area (Å²) in [4.78, 5) is 5.53. The first kappa shape index (κ1) is 14.4. The Balaban J connectivity index is 2.97. The van der Waals surface area contributed by atoms with Crippen molar-refractivity contribution in [2.45, 2.75) is 6.18 Å². The number of nitrogens with zero attached hydrogens (tertiary/aromatic N) is 2. The Morgan fingerprint density at radius 2 is 2.06 bits per heavy atom. The van der Waals surface area contributed by atoms with E-state index in [1.165, 1.54) is 0 Å². The van der Waals surface area contributed by atoms with Gasteiger partial charge in [-0.25, -0.2) is 4.98 Å². The van der Waals surface area contributed by atoms with Gasteiger partial charge in [-0.2, -0.15) is 24.9 Å². The molecule has 2 nitrogen and oxygen atoms in total. The molecule has 1 aromatic rings. The largest absolute Gasteiger partial charge is 0.416 e. The van der Waals surface area contributed by atoms with Gasteiger partial charge in [-0.1, -0.05) is 11.6 Å². The van der Waals surface area contributed by atoms with Gasteiger partial charge >= 0.3 is 6.18 Å². The molecule has 0 aliphatic heterocycles. The third kappa shape index (κ3) is 4.27. The summed E-state index contributed by atoms with van der Waals surface area (Å²) < 4.78 is 37.7. The molecule has 1 rings (SSSR count). The summed E-state index contributed by atoms with van der Waals surface area (Å²) in [6.07, 6.45) is -2.47. The molecule has 0 aromatic carbocycles. The van der Waals surface area contributed by atoms with Crippen LogP contribution in [0.15, 0.2) is 12.1 Å². The highest BCUT2D eigenvalue weighted by Crippen LogP contribution is 2.32. The van der Waals surface area contributed by atoms with Gasteiger partial charge in [0.2, 0.25) is 0 Å². The van der Waals surface area contributed by atoms with Crippen LogP contribution in [0, 0.1) is 0 Å². The number of halogens is 4. The van der Waals surface area contributed by atoms with Crippen molar-refractivity contribution < 1.29 is 13.2 Å². The molecule has 0 N–H and O–H groups in total. The lowest BCUT2D eigenvalue weighted by molar-refractivity contribution is -0.137. The van der Waals surface area contributed by atoms with E-state index < -0.39 is 11.7 Å². The van der Waals surface area contributed by atoms with E-state index >= 15 is 0 Å². The molecule has 0 fully saturated rings. The molecule has 17 heavy (non-hydrogen) atoms. The van der Waals surface area contributed by atoms with E-state index in [2.05, 4.69) is 4.98 Å². The molecular formula is C10H12ClF3N2S. The third-order valence-corrected chi connectivity index (χ3v) is 2.91. The quantitative estimate of drug-likeness (QED) is 0.787. The number of hydrogen-bond donors (Lipinski definition) is 0. The van der Waals surface area contributed by atoms with Gasteiger partial charge in [0.05, 0.1) is 5.56 Å². The Hall–Kier alpha value is -0.620. The summed E-state index contributed by atoms with van der Waals surface area (Å²) in [5.41, 5.74) is -0.775. The predicted molar refractivity (Wildman–Crippen MR) is 65.9 cm³/mol. The second-order valence-electron chi connectivity index (χ2n) is 3.45. The predicted octanol–water partition coefficient (Wildman–Crippen LogP) is 3.55. The molecular weight excluding hydrogens is 273 g/mol. The molecule has 0 spiro atoms. The summed E-state index contributed by atoms with van der Waals surface area (Å²) in [6.45, 7) is 0.617. The molecule has 0 aliphatic carbocycles. The van der Waals surface area contributed by atoms with Crippen LogP contribution in [0.3, 0.4) is 0 Å². The molecule has 1 aromatic heterocycles. The fraction of sp³-hybridized carbons (Fsp3) is 0.500. The Bertz CT molecular complexity index is 384. The topological polar surface area (TPSA) is 16.1 Å². The molecule has 0 amide bonds. The second kappa shape index (κ2) is 5.82. The molecule has 0 saturated carbocycles. The summed E-state index contributed by atoms with van der Waals surface area (Å²) in [6, 6.07) is 1.83. The minimum absolute atomic E-state index is 0.147. The van der Waals surface area contributed by atoms with E-state index in [0.717, 1.165) is 17.9 Å². The summed E-state index contributed by atoms with van der Waals surface area (Å²) in [5.74, 6) is 1.05. The van der Waals surface area contributed by atoms with E-state index in [9.17, 15) is 13.2 Å². The first-order chi connectivity index (χ1) is 7.84. The summed E-state index contributed by atoms with van der Waals surface area (Å²) in [7, 11) is 1.69. The standard InChI is InChI=1S/C10H12ClF3N2S/c1-16(3-4-17-2)9-6-7(10(12,13)14)5-8(11)15-9/h5-6H,3-4H2,1-2H3. The molecule has 0 unspecified atom stereocenters. The van der Waals surface area contributed by atoms with Crippen molar-refractivity contribution in [1.82, 2.24) is 4.98 Å². The fourth-order valence-corrected chi connectivity index (χ4v) is 1.85. The normalized spacial score (nSPS) is 11.6. The maximum absolute atomic E-state index is 12.6. The van der Waals surface area contributed by atoms with E-state index in [1.807, 2.05) is 6.26 Å². The third-order valence-electron chi connectivity index (χ3n) is 2.13. The van der Waals surface area contributed by atoms with Crippen LogP contribution in [0.2, 0.25) is 5.15 Å². The molecule has 0 aliphatic rings. The first-order valence-corrected chi connectivity index (χ1v) is 6.56. The molecule has 0 bridgehead atoms. The number of thioether (sulfide) groups is 1.